The molecule has 140 valence electrons. The summed E-state index contributed by atoms with van der Waals surface area (Å²) in [4.78, 5) is 52.4. The van der Waals surface area contributed by atoms with Crippen molar-refractivity contribution in [2.45, 2.75) is 12.5 Å². The molecule has 1 fully saturated rings. The van der Waals surface area contributed by atoms with Crippen LogP contribution in [0, 0.1) is 0 Å². The molecule has 0 saturated carbocycles. The molecule has 2 aromatic rings. The summed E-state index contributed by atoms with van der Waals surface area (Å²) >= 11 is 0. The van der Waals surface area contributed by atoms with Crippen molar-refractivity contribution >= 4 is 34.6 Å². The molecule has 1 heterocycles. The SMILES string of the molecule is CC1(c2ccc3ccccc3c2)NC(=O)N(CC(=O)NOCC(=O)O)C1=O. The third-order valence-corrected chi connectivity index (χ3v) is 4.29. The Morgan fingerprint density at radius 2 is 1.89 bits per heavy atom. The number of imide groups is 1. The number of amides is 4. The number of aliphatic carboxylic acids is 1. The van der Waals surface area contributed by atoms with Crippen molar-refractivity contribution in [2.24, 2.45) is 0 Å². The molecule has 0 aliphatic carbocycles. The molecule has 1 atom stereocenters. The number of nitrogens with one attached hydrogen (secondary N) is 2. The number of carboxylic acids is 1. The molecule has 0 bridgehead atoms. The number of urea groups is 1. The van der Waals surface area contributed by atoms with Crippen molar-refractivity contribution in [3.05, 3.63) is 48.0 Å². The Bertz CT molecular complexity index is 944. The van der Waals surface area contributed by atoms with Gasteiger partial charge in [-0.2, -0.15) is 0 Å². The van der Waals surface area contributed by atoms with Gasteiger partial charge in [0.05, 0.1) is 0 Å². The molecule has 0 aromatic heterocycles. The highest BCUT2D eigenvalue weighted by atomic mass is 16.7. The number of carboxylic acid groups (broad SMARTS) is 1. The van der Waals surface area contributed by atoms with Crippen LogP contribution in [0.2, 0.25) is 0 Å². The van der Waals surface area contributed by atoms with Crippen LogP contribution in [0.3, 0.4) is 0 Å². The number of hydrogen-bond donors (Lipinski definition) is 3. The summed E-state index contributed by atoms with van der Waals surface area (Å²) in [5.74, 6) is -2.67. The first-order chi connectivity index (χ1) is 12.8. The molecule has 1 aliphatic heterocycles. The average molecular weight is 371 g/mol. The summed E-state index contributed by atoms with van der Waals surface area (Å²) in [6.45, 7) is 0.240. The van der Waals surface area contributed by atoms with Crippen LogP contribution in [0.1, 0.15) is 12.5 Å². The van der Waals surface area contributed by atoms with Gasteiger partial charge in [0.25, 0.3) is 11.8 Å². The Kier molecular flexibility index (Phi) is 4.78. The second-order valence-corrected chi connectivity index (χ2v) is 6.22. The molecule has 0 spiro atoms. The number of benzene rings is 2. The fourth-order valence-corrected chi connectivity index (χ4v) is 2.89. The van der Waals surface area contributed by atoms with Gasteiger partial charge in [-0.1, -0.05) is 36.4 Å². The van der Waals surface area contributed by atoms with Gasteiger partial charge in [-0.25, -0.2) is 15.1 Å². The van der Waals surface area contributed by atoms with Crippen molar-refractivity contribution in [3.8, 4) is 0 Å². The first-order valence-corrected chi connectivity index (χ1v) is 8.07. The van der Waals surface area contributed by atoms with Gasteiger partial charge in [0.15, 0.2) is 6.61 Å². The number of carbonyl (C=O) groups excluding carboxylic acids is 3. The van der Waals surface area contributed by atoms with E-state index in [0.717, 1.165) is 15.7 Å². The van der Waals surface area contributed by atoms with Gasteiger partial charge in [-0.15, -0.1) is 0 Å². The van der Waals surface area contributed by atoms with Crippen LogP contribution < -0.4 is 10.8 Å². The second-order valence-electron chi connectivity index (χ2n) is 6.22. The first-order valence-electron chi connectivity index (χ1n) is 8.07. The lowest BCUT2D eigenvalue weighted by Crippen LogP contribution is -2.43. The monoisotopic (exact) mass is 371 g/mol. The van der Waals surface area contributed by atoms with Crippen molar-refractivity contribution < 1.29 is 29.1 Å². The third kappa shape index (κ3) is 3.58. The number of hydroxylamine groups is 1. The topological polar surface area (TPSA) is 125 Å². The van der Waals surface area contributed by atoms with E-state index >= 15 is 0 Å². The van der Waals surface area contributed by atoms with Gasteiger partial charge in [-0.3, -0.25) is 19.3 Å². The van der Waals surface area contributed by atoms with Crippen LogP contribution in [0.15, 0.2) is 42.5 Å². The molecule has 4 amide bonds. The van der Waals surface area contributed by atoms with Crippen LogP contribution in [0.25, 0.3) is 10.8 Å². The van der Waals surface area contributed by atoms with Crippen LogP contribution in [-0.2, 0) is 24.8 Å². The molecule has 27 heavy (non-hydrogen) atoms. The Morgan fingerprint density at radius 1 is 1.19 bits per heavy atom. The Labute approximate surface area is 153 Å². The quantitative estimate of drug-likeness (QED) is 0.508. The molecule has 0 radical (unpaired) electrons. The van der Waals surface area contributed by atoms with Crippen molar-refractivity contribution in [1.29, 1.82) is 0 Å². The maximum absolute atomic E-state index is 12.8. The number of hydrogen-bond acceptors (Lipinski definition) is 5. The minimum Gasteiger partial charge on any atom is -0.479 e. The first kappa shape index (κ1) is 18.3. The number of nitrogens with zero attached hydrogens (tertiary/aromatic N) is 1. The van der Waals surface area contributed by atoms with Gasteiger partial charge < -0.3 is 10.4 Å². The van der Waals surface area contributed by atoms with Gasteiger partial charge in [0, 0.05) is 0 Å². The Hall–Kier alpha value is -3.46. The second kappa shape index (κ2) is 7.04. The zero-order valence-electron chi connectivity index (χ0n) is 14.4. The highest BCUT2D eigenvalue weighted by Crippen LogP contribution is 2.30. The number of rotatable bonds is 6. The highest BCUT2D eigenvalue weighted by Gasteiger charge is 2.49. The zero-order chi connectivity index (χ0) is 19.6. The van der Waals surface area contributed by atoms with E-state index in [-0.39, 0.29) is 0 Å². The maximum Gasteiger partial charge on any atom is 0.332 e. The lowest BCUT2D eigenvalue weighted by Gasteiger charge is -2.22. The van der Waals surface area contributed by atoms with Crippen molar-refractivity contribution in [2.75, 3.05) is 13.2 Å². The Morgan fingerprint density at radius 3 is 2.59 bits per heavy atom. The molecule has 1 saturated heterocycles. The van der Waals surface area contributed by atoms with E-state index in [9.17, 15) is 19.2 Å². The average Bonchev–Trinajstić information content (AvgIpc) is 2.85. The number of fused-ring (bicyclic) bond motifs is 1. The summed E-state index contributed by atoms with van der Waals surface area (Å²) in [5.41, 5.74) is 1.15. The van der Waals surface area contributed by atoms with Gasteiger partial charge >= 0.3 is 12.0 Å². The summed E-state index contributed by atoms with van der Waals surface area (Å²) in [5, 5.41) is 13.0. The molecule has 3 rings (SSSR count). The van der Waals surface area contributed by atoms with Gasteiger partial charge in [0.1, 0.15) is 12.1 Å². The van der Waals surface area contributed by atoms with Crippen LogP contribution in [0.4, 0.5) is 4.79 Å². The molecule has 3 N–H and O–H groups in total. The van der Waals surface area contributed by atoms with Gasteiger partial charge in [0.2, 0.25) is 0 Å². The van der Waals surface area contributed by atoms with E-state index in [1.165, 1.54) is 0 Å². The van der Waals surface area contributed by atoms with E-state index < -0.39 is 42.5 Å². The van der Waals surface area contributed by atoms with E-state index in [1.54, 1.807) is 13.0 Å². The normalized spacial score (nSPS) is 19.2. The maximum atomic E-state index is 12.8. The van der Waals surface area contributed by atoms with Crippen LogP contribution in [-0.4, -0.2) is 47.0 Å². The Balaban J connectivity index is 1.77. The molecule has 9 heteroatoms. The minimum atomic E-state index is -1.32. The molecule has 2 aromatic carbocycles. The lowest BCUT2D eigenvalue weighted by molar-refractivity contribution is -0.150. The minimum absolute atomic E-state index is 0.587. The summed E-state index contributed by atoms with van der Waals surface area (Å²) in [7, 11) is 0. The predicted molar refractivity (Wildman–Crippen MR) is 93.3 cm³/mol. The van der Waals surface area contributed by atoms with E-state index in [4.69, 9.17) is 5.11 Å². The third-order valence-electron chi connectivity index (χ3n) is 4.29. The summed E-state index contributed by atoms with van der Waals surface area (Å²) in [6.07, 6.45) is 0. The lowest BCUT2D eigenvalue weighted by atomic mass is 9.90. The predicted octanol–water partition coefficient (Wildman–Crippen LogP) is 0.739. The smallest absolute Gasteiger partial charge is 0.332 e. The van der Waals surface area contributed by atoms with Crippen molar-refractivity contribution in [3.63, 3.8) is 0 Å². The molecule has 1 aliphatic rings. The zero-order valence-corrected chi connectivity index (χ0v) is 14.4. The van der Waals surface area contributed by atoms with E-state index in [0.29, 0.717) is 5.56 Å². The fourth-order valence-electron chi connectivity index (χ4n) is 2.89. The summed E-state index contributed by atoms with van der Waals surface area (Å²) < 4.78 is 0. The van der Waals surface area contributed by atoms with Crippen LogP contribution in [0.5, 0.6) is 0 Å². The standard InChI is InChI=1S/C18H17N3O6/c1-18(13-7-6-11-4-2-3-5-12(11)8-13)16(25)21(17(26)19-18)9-14(22)20-27-10-15(23)24/h2-8H,9-10H2,1H3,(H,19,26)(H,20,22)(H,23,24). The molecule has 1 unspecified atom stereocenters. The molecular weight excluding hydrogens is 354 g/mol. The fraction of sp³-hybridized carbons (Fsp3) is 0.222. The van der Waals surface area contributed by atoms with E-state index in [2.05, 4.69) is 10.2 Å². The van der Waals surface area contributed by atoms with Crippen LogP contribution >= 0.6 is 0 Å². The molecule has 9 nitrogen and oxygen atoms in total. The largest absolute Gasteiger partial charge is 0.479 e. The number of carbonyl (C=O) groups is 4. The molecular formula is C18H17N3O6. The highest BCUT2D eigenvalue weighted by molar-refractivity contribution is 6.09. The van der Waals surface area contributed by atoms with Gasteiger partial charge in [-0.05, 0) is 29.3 Å². The van der Waals surface area contributed by atoms with E-state index in [1.807, 2.05) is 41.9 Å². The van der Waals surface area contributed by atoms with Crippen molar-refractivity contribution in [1.82, 2.24) is 15.7 Å². The summed E-state index contributed by atoms with van der Waals surface area (Å²) in [6, 6.07) is 12.3.